The van der Waals surface area contributed by atoms with Crippen molar-refractivity contribution in [3.63, 3.8) is 0 Å². The number of rotatable bonds is 6. The summed E-state index contributed by atoms with van der Waals surface area (Å²) in [6, 6.07) is 8.56. The number of sulfone groups is 1. The molecule has 0 spiro atoms. The van der Waals surface area contributed by atoms with Gasteiger partial charge in [-0.05, 0) is 61.4 Å². The smallest absolute Gasteiger partial charge is 0.338 e. The van der Waals surface area contributed by atoms with Crippen LogP contribution in [0.1, 0.15) is 34.3 Å². The lowest BCUT2D eigenvalue weighted by molar-refractivity contribution is -0.140. The molecule has 0 radical (unpaired) electrons. The number of halogens is 7. The Bertz CT molecular complexity index is 1700. The molecule has 3 aromatic carbocycles. The molecule has 0 aliphatic carbocycles. The Hall–Kier alpha value is -3.50. The molecule has 0 atom stereocenters. The lowest BCUT2D eigenvalue weighted by Crippen LogP contribution is -2.46. The van der Waals surface area contributed by atoms with E-state index in [1.165, 1.54) is 30.3 Å². The standard InChI is InChI=1S/C26H21F7N2O5S2/c27-22-14-16(25(28,29)30)6-8-20(22)24(36)35-12-10-17(11-13-35)34-42(39,40)23-15-19(7-9-21(23)26(31,32)33)41(37,38)18-4-2-1-3-5-18/h1-9,14-15,17,34H,10-13H2. The maximum atomic E-state index is 14.3. The Balaban J connectivity index is 1.54. The molecule has 42 heavy (non-hydrogen) atoms. The van der Waals surface area contributed by atoms with Crippen LogP contribution in [-0.4, -0.2) is 46.8 Å². The molecule has 0 aromatic heterocycles. The van der Waals surface area contributed by atoms with Crippen LogP contribution in [0.4, 0.5) is 30.7 Å². The van der Waals surface area contributed by atoms with E-state index >= 15 is 0 Å². The van der Waals surface area contributed by atoms with E-state index in [0.717, 1.165) is 4.90 Å². The Morgan fingerprint density at radius 1 is 0.786 bits per heavy atom. The minimum absolute atomic E-state index is 0.128. The number of hydrogen-bond acceptors (Lipinski definition) is 5. The fraction of sp³-hybridized carbons (Fsp3) is 0.269. The minimum Gasteiger partial charge on any atom is -0.338 e. The normalized spacial score (nSPS) is 15.5. The van der Waals surface area contributed by atoms with E-state index < -0.39 is 76.5 Å². The summed E-state index contributed by atoms with van der Waals surface area (Å²) >= 11 is 0. The van der Waals surface area contributed by atoms with Crippen LogP contribution in [0.5, 0.6) is 0 Å². The number of alkyl halides is 6. The molecule has 226 valence electrons. The van der Waals surface area contributed by atoms with Gasteiger partial charge in [0.15, 0.2) is 0 Å². The molecule has 0 saturated carbocycles. The van der Waals surface area contributed by atoms with Gasteiger partial charge in [-0.1, -0.05) is 18.2 Å². The van der Waals surface area contributed by atoms with Gasteiger partial charge in [-0.25, -0.2) is 25.9 Å². The molecule has 4 rings (SSSR count). The van der Waals surface area contributed by atoms with E-state index in [9.17, 15) is 52.4 Å². The number of carbonyl (C=O) groups excluding carboxylic acids is 1. The summed E-state index contributed by atoms with van der Waals surface area (Å²) in [5.41, 5.74) is -3.51. The second kappa shape index (κ2) is 11.3. The highest BCUT2D eigenvalue weighted by atomic mass is 32.2. The van der Waals surface area contributed by atoms with Crippen LogP contribution in [0, 0.1) is 5.82 Å². The molecular formula is C26H21F7N2O5S2. The van der Waals surface area contributed by atoms with Gasteiger partial charge in [0.1, 0.15) is 5.82 Å². The molecule has 1 fully saturated rings. The number of nitrogens with one attached hydrogen (secondary N) is 1. The first-order chi connectivity index (χ1) is 19.4. The molecule has 16 heteroatoms. The minimum atomic E-state index is -5.15. The molecule has 1 aliphatic rings. The maximum Gasteiger partial charge on any atom is 0.417 e. The fourth-order valence-corrected chi connectivity index (χ4v) is 7.32. The number of benzene rings is 3. The molecule has 7 nitrogen and oxygen atoms in total. The van der Waals surface area contributed by atoms with Crippen molar-refractivity contribution in [3.8, 4) is 0 Å². The summed E-state index contributed by atoms with van der Waals surface area (Å²) in [5.74, 6) is -2.34. The number of sulfonamides is 1. The molecule has 1 N–H and O–H groups in total. The summed E-state index contributed by atoms with van der Waals surface area (Å²) in [6.45, 7) is -0.387. The third-order valence-corrected chi connectivity index (χ3v) is 9.87. The van der Waals surface area contributed by atoms with Crippen molar-refractivity contribution in [2.24, 2.45) is 0 Å². The van der Waals surface area contributed by atoms with E-state index in [4.69, 9.17) is 0 Å². The predicted molar refractivity (Wildman–Crippen MR) is 134 cm³/mol. The second-order valence-electron chi connectivity index (χ2n) is 9.35. The van der Waals surface area contributed by atoms with Crippen molar-refractivity contribution in [2.45, 2.75) is 45.9 Å². The van der Waals surface area contributed by atoms with Crippen LogP contribution < -0.4 is 4.72 Å². The number of likely N-dealkylation sites (tertiary alicyclic amines) is 1. The van der Waals surface area contributed by atoms with Crippen molar-refractivity contribution in [2.75, 3.05) is 13.1 Å². The van der Waals surface area contributed by atoms with E-state index in [0.29, 0.717) is 30.3 Å². The summed E-state index contributed by atoms with van der Waals surface area (Å²) in [4.78, 5) is 11.5. The van der Waals surface area contributed by atoms with Gasteiger partial charge in [-0.15, -0.1) is 0 Å². The molecule has 0 bridgehead atoms. The van der Waals surface area contributed by atoms with Gasteiger partial charge in [-0.2, -0.15) is 26.3 Å². The van der Waals surface area contributed by atoms with Crippen LogP contribution in [0.25, 0.3) is 0 Å². The largest absolute Gasteiger partial charge is 0.417 e. The first-order valence-electron chi connectivity index (χ1n) is 12.1. The molecular weight excluding hydrogens is 617 g/mol. The van der Waals surface area contributed by atoms with Gasteiger partial charge in [0.2, 0.25) is 19.9 Å². The van der Waals surface area contributed by atoms with Crippen LogP contribution in [0.3, 0.4) is 0 Å². The van der Waals surface area contributed by atoms with Gasteiger partial charge in [-0.3, -0.25) is 4.79 Å². The van der Waals surface area contributed by atoms with E-state index in [1.807, 2.05) is 0 Å². The predicted octanol–water partition coefficient (Wildman–Crippen LogP) is 5.28. The summed E-state index contributed by atoms with van der Waals surface area (Å²) in [7, 11) is -9.33. The molecule has 1 heterocycles. The molecule has 3 aromatic rings. The monoisotopic (exact) mass is 638 g/mol. The van der Waals surface area contributed by atoms with Gasteiger partial charge in [0.25, 0.3) is 5.91 Å². The van der Waals surface area contributed by atoms with Crippen LogP contribution in [0.2, 0.25) is 0 Å². The fourth-order valence-electron chi connectivity index (χ4n) is 4.38. The highest BCUT2D eigenvalue weighted by molar-refractivity contribution is 7.91. The highest BCUT2D eigenvalue weighted by Gasteiger charge is 2.39. The number of piperidine rings is 1. The summed E-state index contributed by atoms with van der Waals surface area (Å²) in [5, 5.41) is 0. The zero-order valence-electron chi connectivity index (χ0n) is 21.2. The first-order valence-corrected chi connectivity index (χ1v) is 15.1. The van der Waals surface area contributed by atoms with Crippen molar-refractivity contribution in [1.29, 1.82) is 0 Å². The Labute approximate surface area is 235 Å². The van der Waals surface area contributed by atoms with E-state index in [1.54, 1.807) is 0 Å². The van der Waals surface area contributed by atoms with Gasteiger partial charge >= 0.3 is 12.4 Å². The summed E-state index contributed by atoms with van der Waals surface area (Å²) in [6.07, 6.45) is -10.2. The average Bonchev–Trinajstić information content (AvgIpc) is 2.92. The van der Waals surface area contributed by atoms with Gasteiger partial charge < -0.3 is 4.90 Å². The Morgan fingerprint density at radius 2 is 1.40 bits per heavy atom. The van der Waals surface area contributed by atoms with Crippen molar-refractivity contribution in [1.82, 2.24) is 9.62 Å². The maximum absolute atomic E-state index is 14.3. The lowest BCUT2D eigenvalue weighted by atomic mass is 10.0. The molecule has 1 saturated heterocycles. The zero-order valence-corrected chi connectivity index (χ0v) is 22.8. The van der Waals surface area contributed by atoms with Gasteiger partial charge in [0.05, 0.1) is 31.4 Å². The van der Waals surface area contributed by atoms with E-state index in [-0.39, 0.29) is 36.9 Å². The molecule has 1 amide bonds. The van der Waals surface area contributed by atoms with Crippen molar-refractivity contribution < 1.29 is 52.4 Å². The van der Waals surface area contributed by atoms with Crippen LogP contribution >= 0.6 is 0 Å². The average molecular weight is 639 g/mol. The topological polar surface area (TPSA) is 101 Å². The number of carbonyl (C=O) groups is 1. The zero-order chi connectivity index (χ0) is 31.1. The lowest BCUT2D eigenvalue weighted by Gasteiger charge is -2.32. The van der Waals surface area contributed by atoms with Crippen molar-refractivity contribution in [3.05, 3.63) is 89.2 Å². The summed E-state index contributed by atoms with van der Waals surface area (Å²) < 4.78 is 148. The van der Waals surface area contributed by atoms with E-state index in [2.05, 4.69) is 4.72 Å². The van der Waals surface area contributed by atoms with Crippen LogP contribution in [0.15, 0.2) is 81.4 Å². The first kappa shape index (κ1) is 31.4. The van der Waals surface area contributed by atoms with Crippen molar-refractivity contribution >= 4 is 25.8 Å². The molecule has 1 aliphatic heterocycles. The third-order valence-electron chi connectivity index (χ3n) is 6.54. The SMILES string of the molecule is O=C(c1ccc(C(F)(F)F)cc1F)N1CCC(NS(=O)(=O)c2cc(S(=O)(=O)c3ccccc3)ccc2C(F)(F)F)CC1. The Morgan fingerprint density at radius 3 is 1.95 bits per heavy atom. The number of nitrogens with zero attached hydrogens (tertiary/aromatic N) is 1. The quantitative estimate of drug-likeness (QED) is 0.371. The van der Waals surface area contributed by atoms with Crippen LogP contribution in [-0.2, 0) is 32.2 Å². The number of amides is 1. The second-order valence-corrected chi connectivity index (χ2v) is 13.0. The number of hydrogen-bond donors (Lipinski definition) is 1. The highest BCUT2D eigenvalue weighted by Crippen LogP contribution is 2.37. The van der Waals surface area contributed by atoms with Gasteiger partial charge in [0, 0.05) is 19.1 Å². The molecule has 0 unspecified atom stereocenters. The Kier molecular flexibility index (Phi) is 8.46. The third kappa shape index (κ3) is 6.60.